The minimum Gasteiger partial charge on any atom is -0.367 e. The molecule has 0 unspecified atom stereocenters. The maximum absolute atomic E-state index is 11.5. The molecule has 1 amide bonds. The molecule has 0 spiro atoms. The number of rotatable bonds is 2. The minimum absolute atomic E-state index is 0.197. The summed E-state index contributed by atoms with van der Waals surface area (Å²) in [6.07, 6.45) is 4.71. The van der Waals surface area contributed by atoms with Gasteiger partial charge in [-0.1, -0.05) is 0 Å². The number of nitrogens with zero attached hydrogens (tertiary/aromatic N) is 2. The fourth-order valence-corrected chi connectivity index (χ4v) is 3.74. The summed E-state index contributed by atoms with van der Waals surface area (Å²) in [6, 6.07) is 2.39. The van der Waals surface area contributed by atoms with Gasteiger partial charge in [-0.3, -0.25) is 4.79 Å². The second-order valence-corrected chi connectivity index (χ2v) is 6.20. The lowest BCUT2D eigenvalue weighted by Crippen LogP contribution is -2.38. The fraction of sp³-hybridized carbons (Fsp3) is 0.533. The SMILES string of the molecule is Cc1nc(N[C@H]2C[C@H]3CNC(=O)C[C@H]3C2)c2cc[nH]c2n1. The zero-order valence-corrected chi connectivity index (χ0v) is 12.0. The number of anilines is 1. The number of carbonyl (C=O) groups is 1. The Bertz CT molecular complexity index is 694. The molecule has 2 aromatic rings. The molecule has 3 heterocycles. The van der Waals surface area contributed by atoms with E-state index in [1.54, 1.807) is 0 Å². The van der Waals surface area contributed by atoms with Gasteiger partial charge in [0.15, 0.2) is 0 Å². The number of hydrogen-bond acceptors (Lipinski definition) is 4. The molecule has 1 saturated carbocycles. The van der Waals surface area contributed by atoms with Crippen LogP contribution in [0.4, 0.5) is 5.82 Å². The summed E-state index contributed by atoms with van der Waals surface area (Å²) >= 11 is 0. The van der Waals surface area contributed by atoms with Crippen LogP contribution in [0.15, 0.2) is 12.3 Å². The summed E-state index contributed by atoms with van der Waals surface area (Å²) in [6.45, 7) is 2.73. The second kappa shape index (κ2) is 4.72. The van der Waals surface area contributed by atoms with E-state index in [4.69, 9.17) is 0 Å². The Labute approximate surface area is 122 Å². The number of amides is 1. The first-order chi connectivity index (χ1) is 10.2. The van der Waals surface area contributed by atoms with Crippen LogP contribution in [0.3, 0.4) is 0 Å². The lowest BCUT2D eigenvalue weighted by molar-refractivity contribution is -0.124. The predicted octanol–water partition coefficient (Wildman–Crippen LogP) is 1.59. The normalized spacial score (nSPS) is 28.4. The van der Waals surface area contributed by atoms with Crippen molar-refractivity contribution in [1.29, 1.82) is 0 Å². The Hall–Kier alpha value is -2.11. The number of aromatic nitrogens is 3. The van der Waals surface area contributed by atoms with Crippen molar-refractivity contribution in [3.8, 4) is 0 Å². The largest absolute Gasteiger partial charge is 0.367 e. The topological polar surface area (TPSA) is 82.7 Å². The average Bonchev–Trinajstić information content (AvgIpc) is 3.03. The second-order valence-electron chi connectivity index (χ2n) is 6.20. The molecule has 1 saturated heterocycles. The zero-order valence-electron chi connectivity index (χ0n) is 12.0. The first-order valence-electron chi connectivity index (χ1n) is 7.54. The van der Waals surface area contributed by atoms with Crippen molar-refractivity contribution >= 4 is 22.8 Å². The summed E-state index contributed by atoms with van der Waals surface area (Å²) in [4.78, 5) is 23.6. The third-order valence-corrected chi connectivity index (χ3v) is 4.72. The molecule has 110 valence electrons. The Morgan fingerprint density at radius 1 is 1.29 bits per heavy atom. The van der Waals surface area contributed by atoms with Crippen molar-refractivity contribution in [2.75, 3.05) is 11.9 Å². The van der Waals surface area contributed by atoms with Crippen LogP contribution in [0.1, 0.15) is 25.1 Å². The van der Waals surface area contributed by atoms with Crippen LogP contribution in [0.2, 0.25) is 0 Å². The van der Waals surface area contributed by atoms with Crippen LogP contribution < -0.4 is 10.6 Å². The Morgan fingerprint density at radius 3 is 3.05 bits per heavy atom. The Kier molecular flexibility index (Phi) is 2.83. The van der Waals surface area contributed by atoms with Gasteiger partial charge in [0.05, 0.1) is 5.39 Å². The monoisotopic (exact) mass is 285 g/mol. The highest BCUT2D eigenvalue weighted by atomic mass is 16.1. The molecule has 6 nitrogen and oxygen atoms in total. The highest BCUT2D eigenvalue weighted by Crippen LogP contribution is 2.37. The van der Waals surface area contributed by atoms with E-state index in [2.05, 4.69) is 25.6 Å². The van der Waals surface area contributed by atoms with Gasteiger partial charge in [-0.05, 0) is 37.7 Å². The van der Waals surface area contributed by atoms with Crippen LogP contribution in [0.25, 0.3) is 11.0 Å². The molecule has 21 heavy (non-hydrogen) atoms. The number of hydrogen-bond donors (Lipinski definition) is 3. The first kappa shape index (κ1) is 12.6. The summed E-state index contributed by atoms with van der Waals surface area (Å²) in [7, 11) is 0. The molecule has 0 bridgehead atoms. The lowest BCUT2D eigenvalue weighted by atomic mass is 9.89. The summed E-state index contributed by atoms with van der Waals surface area (Å²) in [5, 5.41) is 7.58. The van der Waals surface area contributed by atoms with Crippen LogP contribution in [0, 0.1) is 18.8 Å². The molecule has 2 fully saturated rings. The lowest BCUT2D eigenvalue weighted by Gasteiger charge is -2.24. The van der Waals surface area contributed by atoms with Crippen molar-refractivity contribution in [1.82, 2.24) is 20.3 Å². The third-order valence-electron chi connectivity index (χ3n) is 4.72. The van der Waals surface area contributed by atoms with E-state index in [0.717, 1.165) is 42.1 Å². The third kappa shape index (κ3) is 2.24. The van der Waals surface area contributed by atoms with Crippen molar-refractivity contribution in [2.24, 2.45) is 11.8 Å². The first-order valence-corrected chi connectivity index (χ1v) is 7.54. The van der Waals surface area contributed by atoms with E-state index in [9.17, 15) is 4.79 Å². The molecule has 2 aliphatic rings. The summed E-state index contributed by atoms with van der Waals surface area (Å²) in [5.41, 5.74) is 0.872. The number of nitrogens with one attached hydrogen (secondary N) is 3. The molecule has 3 atom stereocenters. The van der Waals surface area contributed by atoms with Crippen molar-refractivity contribution in [3.63, 3.8) is 0 Å². The van der Waals surface area contributed by atoms with Gasteiger partial charge in [0, 0.05) is 25.2 Å². The van der Waals surface area contributed by atoms with E-state index >= 15 is 0 Å². The molecular formula is C15H19N5O. The maximum Gasteiger partial charge on any atom is 0.220 e. The molecule has 1 aliphatic carbocycles. The molecule has 2 aromatic heterocycles. The van der Waals surface area contributed by atoms with Crippen molar-refractivity contribution < 1.29 is 4.79 Å². The number of piperidine rings is 1. The minimum atomic E-state index is 0.197. The number of H-pyrrole nitrogens is 1. The number of carbonyl (C=O) groups excluding carboxylic acids is 1. The molecule has 1 aliphatic heterocycles. The highest BCUT2D eigenvalue weighted by molar-refractivity contribution is 5.87. The fourth-order valence-electron chi connectivity index (χ4n) is 3.74. The van der Waals surface area contributed by atoms with Gasteiger partial charge >= 0.3 is 0 Å². The van der Waals surface area contributed by atoms with E-state index < -0.39 is 0 Å². The van der Waals surface area contributed by atoms with Crippen molar-refractivity contribution in [2.45, 2.75) is 32.2 Å². The molecule has 0 radical (unpaired) electrons. The quantitative estimate of drug-likeness (QED) is 0.782. The molecule has 6 heteroatoms. The van der Waals surface area contributed by atoms with Gasteiger partial charge in [-0.25, -0.2) is 9.97 Å². The highest BCUT2D eigenvalue weighted by Gasteiger charge is 2.38. The number of aryl methyl sites for hydroxylation is 1. The zero-order chi connectivity index (χ0) is 14.4. The smallest absolute Gasteiger partial charge is 0.220 e. The van der Waals surface area contributed by atoms with Gasteiger partial charge in [0.2, 0.25) is 5.91 Å². The van der Waals surface area contributed by atoms with Gasteiger partial charge in [-0.15, -0.1) is 0 Å². The standard InChI is InChI=1S/C15H19N5O/c1-8-18-14-12(2-3-16-14)15(19-8)20-11-4-9-6-13(21)17-7-10(9)5-11/h2-3,9-11H,4-7H2,1H3,(H,17,21)(H2,16,18,19,20)/t9-,10+,11-/m1/s1. The Morgan fingerprint density at radius 2 is 2.14 bits per heavy atom. The van der Waals surface area contributed by atoms with Crippen molar-refractivity contribution in [3.05, 3.63) is 18.1 Å². The van der Waals surface area contributed by atoms with Gasteiger partial charge in [0.25, 0.3) is 0 Å². The molecular weight excluding hydrogens is 266 g/mol. The van der Waals surface area contributed by atoms with Crippen LogP contribution >= 0.6 is 0 Å². The summed E-state index contributed by atoms with van der Waals surface area (Å²) in [5.74, 6) is 2.98. The summed E-state index contributed by atoms with van der Waals surface area (Å²) < 4.78 is 0. The van der Waals surface area contributed by atoms with E-state index in [-0.39, 0.29) is 5.91 Å². The molecule has 4 rings (SSSR count). The van der Waals surface area contributed by atoms with Gasteiger partial charge in [0.1, 0.15) is 17.3 Å². The molecule has 0 aromatic carbocycles. The van der Waals surface area contributed by atoms with E-state index in [0.29, 0.717) is 24.3 Å². The van der Waals surface area contributed by atoms with Crippen LogP contribution in [-0.4, -0.2) is 33.4 Å². The van der Waals surface area contributed by atoms with E-state index in [1.807, 2.05) is 19.2 Å². The number of fused-ring (bicyclic) bond motifs is 2. The van der Waals surface area contributed by atoms with Crippen LogP contribution in [0.5, 0.6) is 0 Å². The predicted molar refractivity (Wildman–Crippen MR) is 79.9 cm³/mol. The van der Waals surface area contributed by atoms with Gasteiger partial charge < -0.3 is 15.6 Å². The van der Waals surface area contributed by atoms with E-state index in [1.165, 1.54) is 0 Å². The average molecular weight is 285 g/mol. The van der Waals surface area contributed by atoms with Crippen LogP contribution in [-0.2, 0) is 4.79 Å². The molecule has 3 N–H and O–H groups in total. The Balaban J connectivity index is 1.56. The van der Waals surface area contributed by atoms with Gasteiger partial charge in [-0.2, -0.15) is 0 Å². The number of aromatic amines is 1. The maximum atomic E-state index is 11.5.